The van der Waals surface area contributed by atoms with Crippen molar-refractivity contribution in [3.05, 3.63) is 34.6 Å². The molecule has 0 aromatic heterocycles. The van der Waals surface area contributed by atoms with Crippen LogP contribution in [0.15, 0.2) is 18.2 Å². The Hall–Kier alpha value is -1.11. The lowest BCUT2D eigenvalue weighted by atomic mass is 9.89. The van der Waals surface area contributed by atoms with Crippen LogP contribution in [0.4, 0.5) is 4.39 Å². The quantitative estimate of drug-likeness (QED) is 0.836. The molecule has 2 rings (SSSR count). The Morgan fingerprint density at radius 3 is 2.72 bits per heavy atom. The lowest BCUT2D eigenvalue weighted by Crippen LogP contribution is -2.33. The van der Waals surface area contributed by atoms with E-state index in [0.717, 1.165) is 32.5 Å². The zero-order valence-electron chi connectivity index (χ0n) is 10.2. The van der Waals surface area contributed by atoms with Crippen LogP contribution >= 0.6 is 11.6 Å². The number of piperidine rings is 1. The number of halogens is 2. The van der Waals surface area contributed by atoms with E-state index in [4.69, 9.17) is 16.9 Å². The monoisotopic (exact) mass is 266 g/mol. The van der Waals surface area contributed by atoms with Crippen LogP contribution in [0.1, 0.15) is 30.7 Å². The molecule has 4 heteroatoms. The molecule has 0 atom stereocenters. The van der Waals surface area contributed by atoms with Gasteiger partial charge in [0.15, 0.2) is 0 Å². The standard InChI is InChI=1S/C14H16ClFN2/c15-12-3-1-4-13(16)14(12)11-5-9-18(10-6-11)8-2-7-17/h1,3-4,11H,2,5-6,8-10H2. The van der Waals surface area contributed by atoms with Crippen LogP contribution in [0.5, 0.6) is 0 Å². The average Bonchev–Trinajstić information content (AvgIpc) is 2.37. The Kier molecular flexibility index (Phi) is 4.57. The fourth-order valence-electron chi connectivity index (χ4n) is 2.55. The number of nitrogens with zero attached hydrogens (tertiary/aromatic N) is 2. The summed E-state index contributed by atoms with van der Waals surface area (Å²) in [6, 6.07) is 7.02. The maximum Gasteiger partial charge on any atom is 0.128 e. The number of hydrogen-bond donors (Lipinski definition) is 0. The van der Waals surface area contributed by atoms with E-state index in [1.165, 1.54) is 6.07 Å². The van der Waals surface area contributed by atoms with Gasteiger partial charge in [0.25, 0.3) is 0 Å². The molecule has 1 aliphatic rings. The third-order valence-electron chi connectivity index (χ3n) is 3.54. The Morgan fingerprint density at radius 1 is 1.39 bits per heavy atom. The smallest absolute Gasteiger partial charge is 0.128 e. The van der Waals surface area contributed by atoms with Gasteiger partial charge in [0, 0.05) is 23.6 Å². The molecule has 1 aliphatic heterocycles. The van der Waals surface area contributed by atoms with E-state index in [-0.39, 0.29) is 11.7 Å². The summed E-state index contributed by atoms with van der Waals surface area (Å²) in [4.78, 5) is 2.26. The van der Waals surface area contributed by atoms with Gasteiger partial charge in [-0.05, 0) is 44.0 Å². The minimum absolute atomic E-state index is 0.196. The molecule has 1 aromatic carbocycles. The number of rotatable bonds is 3. The Balaban J connectivity index is 2.00. The second-order valence-electron chi connectivity index (χ2n) is 4.66. The van der Waals surface area contributed by atoms with E-state index >= 15 is 0 Å². The van der Waals surface area contributed by atoms with Crippen LogP contribution in [-0.2, 0) is 0 Å². The molecule has 0 amide bonds. The first-order valence-corrected chi connectivity index (χ1v) is 6.63. The summed E-state index contributed by atoms with van der Waals surface area (Å²) in [5.74, 6) is 0.00927. The first kappa shape index (κ1) is 13.3. The van der Waals surface area contributed by atoms with Gasteiger partial charge in [0.2, 0.25) is 0 Å². The predicted molar refractivity (Wildman–Crippen MR) is 70.1 cm³/mol. The lowest BCUT2D eigenvalue weighted by molar-refractivity contribution is 0.215. The first-order chi connectivity index (χ1) is 8.72. The minimum Gasteiger partial charge on any atom is -0.302 e. The van der Waals surface area contributed by atoms with Crippen LogP contribution in [0.25, 0.3) is 0 Å². The Labute approximate surface area is 112 Å². The van der Waals surface area contributed by atoms with Crippen molar-refractivity contribution in [1.29, 1.82) is 5.26 Å². The molecular formula is C14H16ClFN2. The summed E-state index contributed by atoms with van der Waals surface area (Å²) in [6.45, 7) is 2.64. The van der Waals surface area contributed by atoms with E-state index in [2.05, 4.69) is 11.0 Å². The molecule has 1 fully saturated rings. The molecule has 1 heterocycles. The SMILES string of the molecule is N#CCCN1CCC(c2c(F)cccc2Cl)CC1. The number of benzene rings is 1. The van der Waals surface area contributed by atoms with Crippen molar-refractivity contribution in [1.82, 2.24) is 4.90 Å². The highest BCUT2D eigenvalue weighted by molar-refractivity contribution is 6.31. The van der Waals surface area contributed by atoms with Crippen molar-refractivity contribution in [3.8, 4) is 6.07 Å². The first-order valence-electron chi connectivity index (χ1n) is 6.25. The van der Waals surface area contributed by atoms with E-state index in [9.17, 15) is 4.39 Å². The van der Waals surface area contributed by atoms with E-state index in [0.29, 0.717) is 17.0 Å². The van der Waals surface area contributed by atoms with E-state index in [1.807, 2.05) is 0 Å². The number of hydrogen-bond acceptors (Lipinski definition) is 2. The highest BCUT2D eigenvalue weighted by Gasteiger charge is 2.24. The normalized spacial score (nSPS) is 17.6. The van der Waals surface area contributed by atoms with Gasteiger partial charge in [-0.3, -0.25) is 0 Å². The largest absolute Gasteiger partial charge is 0.302 e. The molecule has 18 heavy (non-hydrogen) atoms. The second kappa shape index (κ2) is 6.17. The third kappa shape index (κ3) is 3.01. The van der Waals surface area contributed by atoms with Crippen molar-refractivity contribution in [2.24, 2.45) is 0 Å². The van der Waals surface area contributed by atoms with Gasteiger partial charge in [-0.1, -0.05) is 17.7 Å². The average molecular weight is 267 g/mol. The summed E-state index contributed by atoms with van der Waals surface area (Å²) in [6.07, 6.45) is 2.38. The summed E-state index contributed by atoms with van der Waals surface area (Å²) in [5, 5.41) is 9.09. The summed E-state index contributed by atoms with van der Waals surface area (Å²) in [5.41, 5.74) is 0.666. The molecule has 0 N–H and O–H groups in total. The van der Waals surface area contributed by atoms with Gasteiger partial charge < -0.3 is 4.90 Å². The van der Waals surface area contributed by atoms with Crippen LogP contribution < -0.4 is 0 Å². The van der Waals surface area contributed by atoms with Gasteiger partial charge in [0.1, 0.15) is 5.82 Å². The van der Waals surface area contributed by atoms with Crippen molar-refractivity contribution >= 4 is 11.6 Å². The third-order valence-corrected chi connectivity index (χ3v) is 3.86. The molecular weight excluding hydrogens is 251 g/mol. The molecule has 0 bridgehead atoms. The molecule has 1 aromatic rings. The van der Waals surface area contributed by atoms with Crippen LogP contribution in [0.3, 0.4) is 0 Å². The lowest BCUT2D eigenvalue weighted by Gasteiger charge is -2.32. The van der Waals surface area contributed by atoms with Gasteiger partial charge in [-0.2, -0.15) is 5.26 Å². The summed E-state index contributed by atoms with van der Waals surface area (Å²) >= 11 is 6.09. The molecule has 96 valence electrons. The fourth-order valence-corrected chi connectivity index (χ4v) is 2.87. The zero-order valence-corrected chi connectivity index (χ0v) is 11.0. The van der Waals surface area contributed by atoms with E-state index < -0.39 is 0 Å². The Bertz CT molecular complexity index is 427. The molecule has 0 radical (unpaired) electrons. The molecule has 0 aliphatic carbocycles. The van der Waals surface area contributed by atoms with Gasteiger partial charge in [-0.15, -0.1) is 0 Å². The summed E-state index contributed by atoms with van der Waals surface area (Å²) < 4.78 is 13.8. The minimum atomic E-state index is -0.196. The topological polar surface area (TPSA) is 27.0 Å². The number of nitriles is 1. The number of likely N-dealkylation sites (tertiary alicyclic amines) is 1. The predicted octanol–water partition coefficient (Wildman–Crippen LogP) is 3.57. The van der Waals surface area contributed by atoms with Crippen molar-refractivity contribution in [2.45, 2.75) is 25.2 Å². The van der Waals surface area contributed by atoms with Gasteiger partial charge in [0.05, 0.1) is 6.07 Å². The maximum absolute atomic E-state index is 13.8. The van der Waals surface area contributed by atoms with Crippen LogP contribution in [0, 0.1) is 17.1 Å². The van der Waals surface area contributed by atoms with Crippen molar-refractivity contribution in [3.63, 3.8) is 0 Å². The highest BCUT2D eigenvalue weighted by atomic mass is 35.5. The summed E-state index contributed by atoms with van der Waals surface area (Å²) in [7, 11) is 0. The Morgan fingerprint density at radius 2 is 2.11 bits per heavy atom. The molecule has 0 saturated carbocycles. The zero-order chi connectivity index (χ0) is 13.0. The van der Waals surface area contributed by atoms with Gasteiger partial charge >= 0.3 is 0 Å². The maximum atomic E-state index is 13.8. The van der Waals surface area contributed by atoms with Gasteiger partial charge in [-0.25, -0.2) is 4.39 Å². The van der Waals surface area contributed by atoms with E-state index in [1.54, 1.807) is 12.1 Å². The molecule has 0 unspecified atom stereocenters. The molecule has 2 nitrogen and oxygen atoms in total. The highest BCUT2D eigenvalue weighted by Crippen LogP contribution is 2.34. The van der Waals surface area contributed by atoms with Crippen LogP contribution in [0.2, 0.25) is 5.02 Å². The van der Waals surface area contributed by atoms with Crippen molar-refractivity contribution in [2.75, 3.05) is 19.6 Å². The fraction of sp³-hybridized carbons (Fsp3) is 0.500. The molecule has 1 saturated heterocycles. The second-order valence-corrected chi connectivity index (χ2v) is 5.07. The van der Waals surface area contributed by atoms with Crippen molar-refractivity contribution < 1.29 is 4.39 Å². The molecule has 0 spiro atoms. The van der Waals surface area contributed by atoms with Crippen LogP contribution in [-0.4, -0.2) is 24.5 Å².